The summed E-state index contributed by atoms with van der Waals surface area (Å²) >= 11 is 0. The van der Waals surface area contributed by atoms with Crippen molar-refractivity contribution >= 4 is 11.9 Å². The lowest BCUT2D eigenvalue weighted by atomic mass is 10.1. The number of carbonyl (C=O) groups excluding carboxylic acids is 1. The minimum atomic E-state index is -0.905. The molecule has 1 aromatic carbocycles. The highest BCUT2D eigenvalue weighted by Gasteiger charge is 2.08. The van der Waals surface area contributed by atoms with E-state index in [1.807, 2.05) is 24.3 Å². The summed E-state index contributed by atoms with van der Waals surface area (Å²) in [6.45, 7) is 0.922. The number of rotatable bonds is 11. The number of nitrogens with zero attached hydrogens (tertiary/aromatic N) is 1. The molecule has 0 bridgehead atoms. The van der Waals surface area contributed by atoms with Gasteiger partial charge in [-0.05, 0) is 31.2 Å². The minimum Gasteiger partial charge on any atom is -0.481 e. The Labute approximate surface area is 142 Å². The second-order valence-electron chi connectivity index (χ2n) is 5.32. The predicted molar refractivity (Wildman–Crippen MR) is 91.0 cm³/mol. The Morgan fingerprint density at radius 2 is 1.88 bits per heavy atom. The number of hydrogen-bond donors (Lipinski definition) is 3. The summed E-state index contributed by atoms with van der Waals surface area (Å²) in [6, 6.07) is 12.1. The fraction of sp³-hybridized carbons (Fsp3) is 0.389. The van der Waals surface area contributed by atoms with Crippen LogP contribution in [0.3, 0.4) is 0 Å². The Kier molecular flexibility index (Phi) is 9.39. The molecule has 0 aliphatic heterocycles. The third-order valence-electron chi connectivity index (χ3n) is 3.34. The van der Waals surface area contributed by atoms with Crippen LogP contribution in [0.4, 0.5) is 0 Å². The minimum absolute atomic E-state index is 0.00613. The number of hydrogen-bond acceptors (Lipinski definition) is 4. The van der Waals surface area contributed by atoms with E-state index in [1.165, 1.54) is 11.8 Å². The summed E-state index contributed by atoms with van der Waals surface area (Å²) in [5.41, 5.74) is 1.29. The van der Waals surface area contributed by atoms with Crippen molar-refractivity contribution in [2.24, 2.45) is 0 Å². The number of nitriles is 1. The standard InChI is InChI=1S/C18H23N3O3/c19-13-16(18(24)21-12-6-10-17(22)23)14-20-11-5-4-9-15-7-2-1-3-8-15/h1-3,7-8,14,20H,4-6,9-12H2,(H,21,24)(H,22,23)/b16-14-. The van der Waals surface area contributed by atoms with Gasteiger partial charge < -0.3 is 15.7 Å². The smallest absolute Gasteiger partial charge is 0.303 e. The van der Waals surface area contributed by atoms with Crippen molar-refractivity contribution < 1.29 is 14.7 Å². The number of carboxylic acid groups (broad SMARTS) is 1. The Hall–Kier alpha value is -2.81. The van der Waals surface area contributed by atoms with Crippen molar-refractivity contribution in [3.63, 3.8) is 0 Å². The van der Waals surface area contributed by atoms with Crippen molar-refractivity contribution in [3.8, 4) is 6.07 Å². The molecule has 0 aromatic heterocycles. The fourth-order valence-electron chi connectivity index (χ4n) is 2.06. The lowest BCUT2D eigenvalue weighted by molar-refractivity contribution is -0.137. The fourth-order valence-corrected chi connectivity index (χ4v) is 2.06. The van der Waals surface area contributed by atoms with Crippen LogP contribution in [0.15, 0.2) is 42.1 Å². The molecule has 0 spiro atoms. The number of aliphatic carboxylic acids is 1. The van der Waals surface area contributed by atoms with E-state index in [1.54, 1.807) is 0 Å². The van der Waals surface area contributed by atoms with Gasteiger partial charge in [-0.2, -0.15) is 5.26 Å². The normalized spacial score (nSPS) is 10.7. The van der Waals surface area contributed by atoms with Crippen molar-refractivity contribution in [1.29, 1.82) is 5.26 Å². The molecule has 0 heterocycles. The first-order chi connectivity index (χ1) is 11.6. The van der Waals surface area contributed by atoms with Crippen LogP contribution in [0.25, 0.3) is 0 Å². The molecule has 0 fully saturated rings. The van der Waals surface area contributed by atoms with Crippen LogP contribution in [0.2, 0.25) is 0 Å². The molecule has 3 N–H and O–H groups in total. The lowest BCUT2D eigenvalue weighted by Gasteiger charge is -2.05. The van der Waals surface area contributed by atoms with Gasteiger partial charge in [0.15, 0.2) is 0 Å². The van der Waals surface area contributed by atoms with Crippen LogP contribution in [0.1, 0.15) is 31.2 Å². The monoisotopic (exact) mass is 329 g/mol. The summed E-state index contributed by atoms with van der Waals surface area (Å²) in [4.78, 5) is 22.1. The van der Waals surface area contributed by atoms with E-state index in [2.05, 4.69) is 22.8 Å². The molecule has 0 saturated heterocycles. The molecule has 24 heavy (non-hydrogen) atoms. The zero-order chi connectivity index (χ0) is 17.6. The maximum atomic E-state index is 11.7. The zero-order valence-electron chi connectivity index (χ0n) is 13.6. The molecule has 6 heteroatoms. The van der Waals surface area contributed by atoms with E-state index in [-0.39, 0.29) is 18.5 Å². The molecule has 6 nitrogen and oxygen atoms in total. The number of benzene rings is 1. The van der Waals surface area contributed by atoms with Gasteiger partial charge in [0, 0.05) is 25.7 Å². The molecular formula is C18H23N3O3. The van der Waals surface area contributed by atoms with E-state index < -0.39 is 11.9 Å². The number of nitrogens with one attached hydrogen (secondary N) is 2. The number of carboxylic acids is 1. The quantitative estimate of drug-likeness (QED) is 0.327. The Bertz CT molecular complexity index is 591. The van der Waals surface area contributed by atoms with E-state index in [0.29, 0.717) is 13.0 Å². The molecule has 0 unspecified atom stereocenters. The maximum Gasteiger partial charge on any atom is 0.303 e. The molecule has 0 aliphatic rings. The SMILES string of the molecule is N#C/C(=C/NCCCCc1ccccc1)C(=O)NCCCC(=O)O. The summed E-state index contributed by atoms with van der Waals surface area (Å²) in [7, 11) is 0. The number of carbonyl (C=O) groups is 2. The molecule has 1 aromatic rings. The lowest BCUT2D eigenvalue weighted by Crippen LogP contribution is -2.27. The highest BCUT2D eigenvalue weighted by atomic mass is 16.4. The summed E-state index contributed by atoms with van der Waals surface area (Å²) in [6.07, 6.45) is 4.70. The van der Waals surface area contributed by atoms with Gasteiger partial charge in [0.1, 0.15) is 11.6 Å². The Morgan fingerprint density at radius 1 is 1.12 bits per heavy atom. The topological polar surface area (TPSA) is 102 Å². The van der Waals surface area contributed by atoms with E-state index in [9.17, 15) is 9.59 Å². The average Bonchev–Trinajstić information content (AvgIpc) is 2.58. The molecule has 0 atom stereocenters. The van der Waals surface area contributed by atoms with Crippen molar-refractivity contribution in [2.75, 3.05) is 13.1 Å². The third kappa shape index (κ3) is 8.59. The number of unbranched alkanes of at least 4 members (excludes halogenated alkanes) is 1. The summed E-state index contributed by atoms with van der Waals surface area (Å²) < 4.78 is 0. The van der Waals surface area contributed by atoms with Crippen molar-refractivity contribution in [3.05, 3.63) is 47.7 Å². The van der Waals surface area contributed by atoms with E-state index in [4.69, 9.17) is 10.4 Å². The van der Waals surface area contributed by atoms with Crippen LogP contribution < -0.4 is 10.6 Å². The first-order valence-electron chi connectivity index (χ1n) is 8.01. The highest BCUT2D eigenvalue weighted by Crippen LogP contribution is 2.03. The number of amides is 1. The molecule has 1 rings (SSSR count). The molecule has 1 amide bonds. The highest BCUT2D eigenvalue weighted by molar-refractivity contribution is 5.97. The third-order valence-corrected chi connectivity index (χ3v) is 3.34. The van der Waals surface area contributed by atoms with Gasteiger partial charge in [-0.1, -0.05) is 30.3 Å². The van der Waals surface area contributed by atoms with Crippen LogP contribution >= 0.6 is 0 Å². The van der Waals surface area contributed by atoms with Gasteiger partial charge in [0.2, 0.25) is 0 Å². The Morgan fingerprint density at radius 3 is 2.54 bits per heavy atom. The first kappa shape index (κ1) is 19.2. The molecule has 0 aliphatic carbocycles. The zero-order valence-corrected chi connectivity index (χ0v) is 13.6. The summed E-state index contributed by atoms with van der Waals surface area (Å²) in [5, 5.41) is 23.0. The van der Waals surface area contributed by atoms with Gasteiger partial charge in [-0.15, -0.1) is 0 Å². The van der Waals surface area contributed by atoms with Crippen LogP contribution in [-0.4, -0.2) is 30.1 Å². The van der Waals surface area contributed by atoms with Crippen molar-refractivity contribution in [2.45, 2.75) is 32.1 Å². The second-order valence-corrected chi connectivity index (χ2v) is 5.32. The van der Waals surface area contributed by atoms with Crippen molar-refractivity contribution in [1.82, 2.24) is 10.6 Å². The second kappa shape index (κ2) is 11.7. The maximum absolute atomic E-state index is 11.7. The Balaban J connectivity index is 2.19. The molecule has 0 saturated carbocycles. The van der Waals surface area contributed by atoms with Gasteiger partial charge in [0.25, 0.3) is 5.91 Å². The van der Waals surface area contributed by atoms with Crippen LogP contribution in [-0.2, 0) is 16.0 Å². The largest absolute Gasteiger partial charge is 0.481 e. The van der Waals surface area contributed by atoms with Gasteiger partial charge in [-0.3, -0.25) is 9.59 Å². The molecule has 0 radical (unpaired) electrons. The van der Waals surface area contributed by atoms with Gasteiger partial charge in [-0.25, -0.2) is 0 Å². The summed E-state index contributed by atoms with van der Waals surface area (Å²) in [5.74, 6) is -1.39. The molecular weight excluding hydrogens is 306 g/mol. The first-order valence-corrected chi connectivity index (χ1v) is 8.01. The van der Waals surface area contributed by atoms with E-state index in [0.717, 1.165) is 19.3 Å². The van der Waals surface area contributed by atoms with Gasteiger partial charge in [0.05, 0.1) is 0 Å². The van der Waals surface area contributed by atoms with Gasteiger partial charge >= 0.3 is 5.97 Å². The van der Waals surface area contributed by atoms with E-state index >= 15 is 0 Å². The van der Waals surface area contributed by atoms with Crippen LogP contribution in [0.5, 0.6) is 0 Å². The number of aryl methyl sites for hydroxylation is 1. The van der Waals surface area contributed by atoms with Crippen LogP contribution in [0, 0.1) is 11.3 Å². The predicted octanol–water partition coefficient (Wildman–Crippen LogP) is 1.99. The average molecular weight is 329 g/mol. The molecule has 128 valence electrons.